The maximum absolute atomic E-state index is 12.9. The summed E-state index contributed by atoms with van der Waals surface area (Å²) in [6.45, 7) is 2.33. The van der Waals surface area contributed by atoms with E-state index in [0.29, 0.717) is 38.0 Å². The number of benzene rings is 1. The molecule has 0 aromatic heterocycles. The van der Waals surface area contributed by atoms with E-state index in [0.717, 1.165) is 49.8 Å². The molecule has 6 nitrogen and oxygen atoms in total. The van der Waals surface area contributed by atoms with Crippen molar-refractivity contribution in [1.29, 1.82) is 0 Å². The molecule has 0 amide bonds. The van der Waals surface area contributed by atoms with E-state index in [9.17, 15) is 8.42 Å². The van der Waals surface area contributed by atoms with E-state index >= 15 is 0 Å². The van der Waals surface area contributed by atoms with Gasteiger partial charge in [-0.15, -0.1) is 0 Å². The van der Waals surface area contributed by atoms with Crippen LogP contribution in [0.4, 0.5) is 0 Å². The number of hydrogen-bond acceptors (Lipinski definition) is 4. The Balaban J connectivity index is 1.55. The molecule has 0 bridgehead atoms. The third kappa shape index (κ3) is 3.93. The van der Waals surface area contributed by atoms with Gasteiger partial charge in [-0.25, -0.2) is 0 Å². The van der Waals surface area contributed by atoms with Gasteiger partial charge < -0.3 is 9.47 Å². The van der Waals surface area contributed by atoms with Crippen LogP contribution in [0.1, 0.15) is 50.1 Å². The Hall–Kier alpha value is -1.31. The van der Waals surface area contributed by atoms with Gasteiger partial charge in [0, 0.05) is 13.1 Å². The molecule has 1 aromatic rings. The average Bonchev–Trinajstić information content (AvgIpc) is 3.45. The third-order valence-corrected chi connectivity index (χ3v) is 6.80. The van der Waals surface area contributed by atoms with Crippen LogP contribution in [-0.2, 0) is 10.2 Å². The Labute approximate surface area is 149 Å². The molecule has 7 heteroatoms. The Kier molecular flexibility index (Phi) is 4.88. The monoisotopic (exact) mass is 366 g/mol. The second-order valence-electron chi connectivity index (χ2n) is 7.15. The van der Waals surface area contributed by atoms with E-state index in [2.05, 4.69) is 4.72 Å². The topological polar surface area (TPSA) is 67.9 Å². The molecule has 3 aliphatic rings. The molecule has 1 saturated heterocycles. The van der Waals surface area contributed by atoms with Gasteiger partial charge in [0.25, 0.3) is 10.2 Å². The molecular formula is C18H26N2O4S. The summed E-state index contributed by atoms with van der Waals surface area (Å²) < 4.78 is 41.6. The zero-order chi connectivity index (χ0) is 17.3. The maximum Gasteiger partial charge on any atom is 0.280 e. The second-order valence-corrected chi connectivity index (χ2v) is 8.86. The highest BCUT2D eigenvalue weighted by molar-refractivity contribution is 7.87. The quantitative estimate of drug-likeness (QED) is 0.870. The van der Waals surface area contributed by atoms with Gasteiger partial charge in [-0.3, -0.25) is 0 Å². The van der Waals surface area contributed by atoms with Crippen LogP contribution in [0.25, 0.3) is 0 Å². The first-order valence-electron chi connectivity index (χ1n) is 9.30. The minimum atomic E-state index is -3.47. The summed E-state index contributed by atoms with van der Waals surface area (Å²) in [7, 11) is -3.47. The predicted octanol–water partition coefficient (Wildman–Crippen LogP) is 2.62. The molecule has 0 spiro atoms. The molecule has 25 heavy (non-hydrogen) atoms. The normalized spacial score (nSPS) is 23.0. The standard InChI is InChI=1S/C18H26N2O4S/c21-25(22,20-9-3-1-2-4-10-20)19-18(14-5-6-14)15-7-8-16-17(13-15)24-12-11-23-16/h7-8,13-14,18-19H,1-6,9-12H2. The summed E-state index contributed by atoms with van der Waals surface area (Å²) in [5, 5.41) is 0. The molecule has 1 atom stereocenters. The van der Waals surface area contributed by atoms with E-state index in [4.69, 9.17) is 9.47 Å². The summed E-state index contributed by atoms with van der Waals surface area (Å²) in [4.78, 5) is 0. The lowest BCUT2D eigenvalue weighted by Crippen LogP contribution is -2.43. The van der Waals surface area contributed by atoms with Gasteiger partial charge in [0.2, 0.25) is 0 Å². The average molecular weight is 366 g/mol. The number of ether oxygens (including phenoxy) is 2. The molecule has 1 aromatic carbocycles. The van der Waals surface area contributed by atoms with E-state index in [-0.39, 0.29) is 6.04 Å². The first kappa shape index (κ1) is 17.1. The Morgan fingerprint density at radius 1 is 1.00 bits per heavy atom. The second kappa shape index (κ2) is 7.13. The van der Waals surface area contributed by atoms with Crippen molar-refractivity contribution < 1.29 is 17.9 Å². The molecule has 1 saturated carbocycles. The van der Waals surface area contributed by atoms with Crippen LogP contribution >= 0.6 is 0 Å². The molecule has 138 valence electrons. The number of nitrogens with zero attached hydrogens (tertiary/aromatic N) is 1. The number of hydrogen-bond donors (Lipinski definition) is 1. The van der Waals surface area contributed by atoms with Crippen molar-refractivity contribution in [3.8, 4) is 11.5 Å². The Morgan fingerprint density at radius 2 is 1.68 bits per heavy atom. The van der Waals surface area contributed by atoms with Gasteiger partial charge in [0.1, 0.15) is 13.2 Å². The van der Waals surface area contributed by atoms with Crippen LogP contribution in [0.15, 0.2) is 18.2 Å². The highest BCUT2D eigenvalue weighted by atomic mass is 32.2. The van der Waals surface area contributed by atoms with Gasteiger partial charge in [-0.2, -0.15) is 17.4 Å². The minimum absolute atomic E-state index is 0.191. The maximum atomic E-state index is 12.9. The fourth-order valence-corrected chi connectivity index (χ4v) is 5.17. The first-order chi connectivity index (χ1) is 12.1. The van der Waals surface area contributed by atoms with Crippen molar-refractivity contribution in [1.82, 2.24) is 9.03 Å². The lowest BCUT2D eigenvalue weighted by Gasteiger charge is -2.26. The number of rotatable bonds is 5. The molecule has 2 aliphatic heterocycles. The number of nitrogens with one attached hydrogen (secondary N) is 1. The summed E-state index contributed by atoms with van der Waals surface area (Å²) in [6, 6.07) is 5.59. The van der Waals surface area contributed by atoms with Gasteiger partial charge in [-0.1, -0.05) is 18.9 Å². The van der Waals surface area contributed by atoms with Crippen molar-refractivity contribution >= 4 is 10.2 Å². The molecule has 2 fully saturated rings. The Morgan fingerprint density at radius 3 is 2.36 bits per heavy atom. The van der Waals surface area contributed by atoms with Crippen molar-refractivity contribution in [2.45, 2.75) is 44.6 Å². The summed E-state index contributed by atoms with van der Waals surface area (Å²) in [5.74, 6) is 1.81. The van der Waals surface area contributed by atoms with Crippen LogP contribution in [0.2, 0.25) is 0 Å². The zero-order valence-electron chi connectivity index (χ0n) is 14.4. The zero-order valence-corrected chi connectivity index (χ0v) is 15.3. The van der Waals surface area contributed by atoms with Crippen LogP contribution in [0.3, 0.4) is 0 Å². The summed E-state index contributed by atoms with van der Waals surface area (Å²) >= 11 is 0. The minimum Gasteiger partial charge on any atom is -0.486 e. The highest BCUT2D eigenvalue weighted by Crippen LogP contribution is 2.43. The SMILES string of the molecule is O=S(=O)(NC(c1ccc2c(c1)OCCO2)C1CC1)N1CCCCCC1. The smallest absolute Gasteiger partial charge is 0.280 e. The van der Waals surface area contributed by atoms with E-state index in [1.807, 2.05) is 18.2 Å². The van der Waals surface area contributed by atoms with Crippen molar-refractivity contribution in [3.63, 3.8) is 0 Å². The van der Waals surface area contributed by atoms with Crippen molar-refractivity contribution in [2.75, 3.05) is 26.3 Å². The largest absolute Gasteiger partial charge is 0.486 e. The number of fused-ring (bicyclic) bond motifs is 1. The van der Waals surface area contributed by atoms with Crippen molar-refractivity contribution in [3.05, 3.63) is 23.8 Å². The summed E-state index contributed by atoms with van der Waals surface area (Å²) in [5.41, 5.74) is 0.963. The molecule has 1 unspecified atom stereocenters. The molecule has 2 heterocycles. The Bertz CT molecular complexity index is 710. The van der Waals surface area contributed by atoms with E-state index in [1.165, 1.54) is 0 Å². The third-order valence-electron chi connectivity index (χ3n) is 5.20. The molecule has 0 radical (unpaired) electrons. The van der Waals surface area contributed by atoms with Gasteiger partial charge in [-0.05, 0) is 49.3 Å². The van der Waals surface area contributed by atoms with Gasteiger partial charge in [0.15, 0.2) is 11.5 Å². The van der Waals surface area contributed by atoms with Crippen LogP contribution in [0.5, 0.6) is 11.5 Å². The van der Waals surface area contributed by atoms with E-state index < -0.39 is 10.2 Å². The molecule has 4 rings (SSSR count). The van der Waals surface area contributed by atoms with E-state index in [1.54, 1.807) is 4.31 Å². The molecule has 1 N–H and O–H groups in total. The van der Waals surface area contributed by atoms with Gasteiger partial charge >= 0.3 is 0 Å². The lowest BCUT2D eigenvalue weighted by atomic mass is 10.0. The van der Waals surface area contributed by atoms with Crippen molar-refractivity contribution in [2.24, 2.45) is 5.92 Å². The van der Waals surface area contributed by atoms with Crippen LogP contribution in [-0.4, -0.2) is 39.0 Å². The fraction of sp³-hybridized carbons (Fsp3) is 0.667. The predicted molar refractivity (Wildman–Crippen MR) is 95.0 cm³/mol. The first-order valence-corrected chi connectivity index (χ1v) is 10.7. The summed E-state index contributed by atoms with van der Waals surface area (Å²) in [6.07, 6.45) is 6.22. The molecular weight excluding hydrogens is 340 g/mol. The molecule has 1 aliphatic carbocycles. The van der Waals surface area contributed by atoms with Crippen LogP contribution < -0.4 is 14.2 Å². The fourth-order valence-electron chi connectivity index (χ4n) is 3.64. The van der Waals surface area contributed by atoms with Crippen LogP contribution in [0, 0.1) is 5.92 Å². The van der Waals surface area contributed by atoms with Gasteiger partial charge in [0.05, 0.1) is 6.04 Å². The lowest BCUT2D eigenvalue weighted by molar-refractivity contribution is 0.171. The highest BCUT2D eigenvalue weighted by Gasteiger charge is 2.37.